The fourth-order valence-corrected chi connectivity index (χ4v) is 3.45. The molecule has 0 aliphatic carbocycles. The smallest absolute Gasteiger partial charge is 0.255 e. The van der Waals surface area contributed by atoms with E-state index in [0.717, 1.165) is 18.4 Å². The van der Waals surface area contributed by atoms with E-state index >= 15 is 0 Å². The van der Waals surface area contributed by atoms with Crippen molar-refractivity contribution in [2.24, 2.45) is 0 Å². The first-order valence-electron chi connectivity index (χ1n) is 7.14. The highest BCUT2D eigenvalue weighted by atomic mass is 16.1. The van der Waals surface area contributed by atoms with Gasteiger partial charge < -0.3 is 10.6 Å². The van der Waals surface area contributed by atoms with Crippen molar-refractivity contribution in [2.75, 3.05) is 0 Å². The first-order valence-corrected chi connectivity index (χ1v) is 7.14. The lowest BCUT2D eigenvalue weighted by atomic mass is 9.99. The normalized spacial score (nSPS) is 28.7. The SMILES string of the molecule is O=C(NC1CC2CCC(C1)N2)c1cnn2ccncc12. The number of carbonyl (C=O) groups excluding carboxylic acids is 1. The summed E-state index contributed by atoms with van der Waals surface area (Å²) in [6.07, 6.45) is 11.2. The molecule has 104 valence electrons. The Morgan fingerprint density at radius 3 is 2.90 bits per heavy atom. The zero-order valence-corrected chi connectivity index (χ0v) is 11.1. The molecule has 2 fully saturated rings. The van der Waals surface area contributed by atoms with Gasteiger partial charge in [0.15, 0.2) is 0 Å². The van der Waals surface area contributed by atoms with Gasteiger partial charge in [0, 0.05) is 30.5 Å². The van der Waals surface area contributed by atoms with E-state index in [1.54, 1.807) is 29.3 Å². The van der Waals surface area contributed by atoms with Crippen molar-refractivity contribution in [2.45, 2.75) is 43.8 Å². The topological polar surface area (TPSA) is 71.3 Å². The Morgan fingerprint density at radius 2 is 2.10 bits per heavy atom. The Labute approximate surface area is 116 Å². The molecule has 2 unspecified atom stereocenters. The third-order valence-corrected chi connectivity index (χ3v) is 4.38. The molecule has 2 saturated heterocycles. The molecule has 0 radical (unpaired) electrons. The molecule has 2 aromatic heterocycles. The van der Waals surface area contributed by atoms with E-state index in [0.29, 0.717) is 17.6 Å². The van der Waals surface area contributed by atoms with Gasteiger partial charge in [-0.3, -0.25) is 9.78 Å². The number of amides is 1. The van der Waals surface area contributed by atoms with Gasteiger partial charge in [-0.1, -0.05) is 0 Å². The van der Waals surface area contributed by atoms with Crippen molar-refractivity contribution in [1.29, 1.82) is 0 Å². The summed E-state index contributed by atoms with van der Waals surface area (Å²) in [6, 6.07) is 1.42. The summed E-state index contributed by atoms with van der Waals surface area (Å²) >= 11 is 0. The minimum atomic E-state index is -0.0423. The van der Waals surface area contributed by atoms with Gasteiger partial charge in [-0.25, -0.2) is 4.52 Å². The summed E-state index contributed by atoms with van der Waals surface area (Å²) in [6.45, 7) is 0. The van der Waals surface area contributed by atoms with Gasteiger partial charge in [-0.2, -0.15) is 5.10 Å². The van der Waals surface area contributed by atoms with E-state index < -0.39 is 0 Å². The molecule has 0 aromatic carbocycles. The minimum absolute atomic E-state index is 0.0423. The molecule has 4 rings (SSSR count). The molecular formula is C14H17N5O. The van der Waals surface area contributed by atoms with E-state index in [-0.39, 0.29) is 11.9 Å². The monoisotopic (exact) mass is 271 g/mol. The summed E-state index contributed by atoms with van der Waals surface area (Å²) in [5.74, 6) is -0.0423. The Bertz CT molecular complexity index is 640. The van der Waals surface area contributed by atoms with Crippen molar-refractivity contribution in [3.8, 4) is 0 Å². The van der Waals surface area contributed by atoms with Gasteiger partial charge in [0.2, 0.25) is 0 Å². The van der Waals surface area contributed by atoms with Gasteiger partial charge >= 0.3 is 0 Å². The maximum absolute atomic E-state index is 12.4. The van der Waals surface area contributed by atoms with E-state index in [9.17, 15) is 4.79 Å². The predicted molar refractivity (Wildman–Crippen MR) is 73.4 cm³/mol. The van der Waals surface area contributed by atoms with Crippen molar-refractivity contribution in [3.05, 3.63) is 30.4 Å². The molecule has 4 heterocycles. The number of carbonyl (C=O) groups is 1. The second kappa shape index (κ2) is 4.56. The second-order valence-corrected chi connectivity index (χ2v) is 5.74. The lowest BCUT2D eigenvalue weighted by molar-refractivity contribution is 0.0925. The summed E-state index contributed by atoms with van der Waals surface area (Å²) in [5.41, 5.74) is 1.35. The van der Waals surface area contributed by atoms with Crippen LogP contribution in [-0.4, -0.2) is 38.6 Å². The van der Waals surface area contributed by atoms with Crippen LogP contribution in [0.25, 0.3) is 5.52 Å². The Balaban J connectivity index is 1.53. The quantitative estimate of drug-likeness (QED) is 0.845. The largest absolute Gasteiger partial charge is 0.349 e. The number of nitrogens with zero attached hydrogens (tertiary/aromatic N) is 3. The fraction of sp³-hybridized carbons (Fsp3) is 0.500. The number of nitrogens with one attached hydrogen (secondary N) is 2. The van der Waals surface area contributed by atoms with E-state index in [1.807, 2.05) is 0 Å². The van der Waals surface area contributed by atoms with Crippen LogP contribution in [0, 0.1) is 0 Å². The lowest BCUT2D eigenvalue weighted by Crippen LogP contribution is -2.48. The molecule has 1 amide bonds. The molecule has 2 bridgehead atoms. The van der Waals surface area contributed by atoms with Crippen molar-refractivity contribution < 1.29 is 4.79 Å². The van der Waals surface area contributed by atoms with Crippen LogP contribution in [0.3, 0.4) is 0 Å². The molecule has 6 nitrogen and oxygen atoms in total. The van der Waals surface area contributed by atoms with E-state index in [1.165, 1.54) is 12.8 Å². The van der Waals surface area contributed by atoms with Gasteiger partial charge in [-0.15, -0.1) is 0 Å². The molecule has 2 N–H and O–H groups in total. The van der Waals surface area contributed by atoms with Crippen LogP contribution in [0.4, 0.5) is 0 Å². The molecule has 20 heavy (non-hydrogen) atoms. The summed E-state index contributed by atoms with van der Waals surface area (Å²) in [4.78, 5) is 16.5. The predicted octanol–water partition coefficient (Wildman–Crippen LogP) is 0.742. The third-order valence-electron chi connectivity index (χ3n) is 4.38. The van der Waals surface area contributed by atoms with Crippen LogP contribution < -0.4 is 10.6 Å². The number of aromatic nitrogens is 3. The Kier molecular flexibility index (Phi) is 2.70. The molecular weight excluding hydrogens is 254 g/mol. The molecule has 2 aliphatic heterocycles. The van der Waals surface area contributed by atoms with Gasteiger partial charge in [-0.05, 0) is 25.7 Å². The Hall–Kier alpha value is -1.95. The average Bonchev–Trinajstić information content (AvgIpc) is 3.02. The van der Waals surface area contributed by atoms with E-state index in [4.69, 9.17) is 0 Å². The zero-order valence-electron chi connectivity index (χ0n) is 11.1. The molecule has 0 spiro atoms. The zero-order chi connectivity index (χ0) is 13.5. The highest BCUT2D eigenvalue weighted by Crippen LogP contribution is 2.27. The fourth-order valence-electron chi connectivity index (χ4n) is 3.45. The standard InChI is InChI=1S/C14H17N5O/c20-14(12-7-16-19-4-3-15-8-13(12)19)18-11-5-9-1-2-10(6-11)17-9/h3-4,7-11,17H,1-2,5-6H2,(H,18,20). The average molecular weight is 271 g/mol. The van der Waals surface area contributed by atoms with Gasteiger partial charge in [0.25, 0.3) is 5.91 Å². The molecule has 0 saturated carbocycles. The first-order chi connectivity index (χ1) is 9.79. The number of hydrogen-bond donors (Lipinski definition) is 2. The van der Waals surface area contributed by atoms with Crippen LogP contribution in [0.2, 0.25) is 0 Å². The van der Waals surface area contributed by atoms with Crippen molar-refractivity contribution in [1.82, 2.24) is 25.2 Å². The second-order valence-electron chi connectivity index (χ2n) is 5.74. The minimum Gasteiger partial charge on any atom is -0.349 e. The maximum atomic E-state index is 12.4. The number of hydrogen-bond acceptors (Lipinski definition) is 4. The maximum Gasteiger partial charge on any atom is 0.255 e. The van der Waals surface area contributed by atoms with Crippen molar-refractivity contribution in [3.63, 3.8) is 0 Å². The molecule has 6 heteroatoms. The van der Waals surface area contributed by atoms with Gasteiger partial charge in [0.05, 0.1) is 23.5 Å². The number of rotatable bonds is 2. The van der Waals surface area contributed by atoms with Crippen LogP contribution in [-0.2, 0) is 0 Å². The first kappa shape index (κ1) is 11.8. The van der Waals surface area contributed by atoms with Crippen molar-refractivity contribution >= 4 is 11.4 Å². The summed E-state index contributed by atoms with van der Waals surface area (Å²) in [7, 11) is 0. The van der Waals surface area contributed by atoms with Crippen LogP contribution in [0.1, 0.15) is 36.0 Å². The van der Waals surface area contributed by atoms with E-state index in [2.05, 4.69) is 20.7 Å². The summed E-state index contributed by atoms with van der Waals surface area (Å²) in [5, 5.41) is 10.9. The highest BCUT2D eigenvalue weighted by molar-refractivity contribution is 6.00. The molecule has 2 aromatic rings. The molecule has 2 atom stereocenters. The van der Waals surface area contributed by atoms with Crippen LogP contribution in [0.5, 0.6) is 0 Å². The Morgan fingerprint density at radius 1 is 1.30 bits per heavy atom. The lowest BCUT2D eigenvalue weighted by Gasteiger charge is -2.29. The third kappa shape index (κ3) is 1.96. The van der Waals surface area contributed by atoms with Gasteiger partial charge in [0.1, 0.15) is 0 Å². The number of piperidine rings is 1. The van der Waals surface area contributed by atoms with Crippen LogP contribution >= 0.6 is 0 Å². The highest BCUT2D eigenvalue weighted by Gasteiger charge is 2.34. The summed E-state index contributed by atoms with van der Waals surface area (Å²) < 4.78 is 1.67. The molecule has 2 aliphatic rings. The number of fused-ring (bicyclic) bond motifs is 3. The van der Waals surface area contributed by atoms with Crippen LogP contribution in [0.15, 0.2) is 24.8 Å².